The Morgan fingerprint density at radius 3 is 2.45 bits per heavy atom. The van der Waals surface area contributed by atoms with Crippen molar-refractivity contribution in [3.8, 4) is 16.9 Å². The molecule has 0 aliphatic rings. The van der Waals surface area contributed by atoms with E-state index in [0.717, 1.165) is 49.7 Å². The molecule has 1 amide bonds. The molecule has 0 bridgehead atoms. The molecular formula is C34H27NO3. The first-order valence-corrected chi connectivity index (χ1v) is 12.8. The van der Waals surface area contributed by atoms with Gasteiger partial charge in [0.25, 0.3) is 0 Å². The van der Waals surface area contributed by atoms with Crippen LogP contribution in [0, 0.1) is 0 Å². The van der Waals surface area contributed by atoms with E-state index in [2.05, 4.69) is 41.7 Å². The summed E-state index contributed by atoms with van der Waals surface area (Å²) in [5, 5.41) is 8.47. The van der Waals surface area contributed by atoms with E-state index >= 15 is 0 Å². The van der Waals surface area contributed by atoms with Crippen LogP contribution in [0.1, 0.15) is 19.4 Å². The van der Waals surface area contributed by atoms with Crippen molar-refractivity contribution >= 4 is 49.7 Å². The first-order chi connectivity index (χ1) is 18.6. The van der Waals surface area contributed by atoms with Gasteiger partial charge in [-0.25, -0.2) is 0 Å². The summed E-state index contributed by atoms with van der Waals surface area (Å²) in [6.07, 6.45) is 3.42. The zero-order valence-electron chi connectivity index (χ0n) is 21.3. The third-order valence-corrected chi connectivity index (χ3v) is 6.86. The highest BCUT2D eigenvalue weighted by atomic mass is 16.5. The number of carbonyl (C=O) groups is 1. The van der Waals surface area contributed by atoms with Gasteiger partial charge in [-0.15, -0.1) is 0 Å². The van der Waals surface area contributed by atoms with Gasteiger partial charge in [0.1, 0.15) is 11.3 Å². The lowest BCUT2D eigenvalue weighted by Crippen LogP contribution is -2.09. The van der Waals surface area contributed by atoms with Gasteiger partial charge in [-0.2, -0.15) is 0 Å². The van der Waals surface area contributed by atoms with E-state index in [1.807, 2.05) is 74.5 Å². The van der Waals surface area contributed by atoms with Gasteiger partial charge in [-0.05, 0) is 59.3 Å². The third kappa shape index (κ3) is 4.41. The highest BCUT2D eigenvalue weighted by molar-refractivity contribution is 6.09. The van der Waals surface area contributed by atoms with Crippen molar-refractivity contribution in [2.45, 2.75) is 13.8 Å². The van der Waals surface area contributed by atoms with Crippen LogP contribution in [-0.4, -0.2) is 12.5 Å². The number of amides is 1. The van der Waals surface area contributed by atoms with Gasteiger partial charge < -0.3 is 14.5 Å². The van der Waals surface area contributed by atoms with Crippen molar-refractivity contribution < 1.29 is 13.9 Å². The van der Waals surface area contributed by atoms with E-state index < -0.39 is 0 Å². The summed E-state index contributed by atoms with van der Waals surface area (Å²) in [6, 6.07) is 32.6. The molecule has 4 heteroatoms. The largest absolute Gasteiger partial charge is 0.493 e. The van der Waals surface area contributed by atoms with E-state index in [0.29, 0.717) is 12.4 Å². The molecule has 0 unspecified atom stereocenters. The maximum absolute atomic E-state index is 13.1. The molecular weight excluding hydrogens is 470 g/mol. The number of carbonyl (C=O) groups excluding carboxylic acids is 1. The summed E-state index contributed by atoms with van der Waals surface area (Å²) < 4.78 is 11.9. The molecule has 4 nitrogen and oxygen atoms in total. The molecule has 6 aromatic rings. The van der Waals surface area contributed by atoms with Crippen LogP contribution in [0.2, 0.25) is 0 Å². The molecule has 0 atom stereocenters. The summed E-state index contributed by atoms with van der Waals surface area (Å²) in [4.78, 5) is 13.1. The normalized spacial score (nSPS) is 11.8. The van der Waals surface area contributed by atoms with Crippen molar-refractivity contribution in [2.75, 3.05) is 11.9 Å². The van der Waals surface area contributed by atoms with Crippen molar-refractivity contribution in [3.63, 3.8) is 0 Å². The minimum Gasteiger partial charge on any atom is -0.493 e. The number of benzene rings is 5. The van der Waals surface area contributed by atoms with Crippen LogP contribution in [-0.2, 0) is 4.79 Å². The molecule has 6 rings (SSSR count). The summed E-state index contributed by atoms with van der Waals surface area (Å²) in [5.41, 5.74) is 5.27. The van der Waals surface area contributed by atoms with Crippen LogP contribution in [0.4, 0.5) is 5.69 Å². The Morgan fingerprint density at radius 2 is 1.61 bits per heavy atom. The van der Waals surface area contributed by atoms with Crippen LogP contribution in [0.5, 0.6) is 5.75 Å². The van der Waals surface area contributed by atoms with Gasteiger partial charge in [0.15, 0.2) is 0 Å². The molecule has 0 fully saturated rings. The van der Waals surface area contributed by atoms with Crippen LogP contribution >= 0.6 is 0 Å². The average Bonchev–Trinajstić information content (AvgIpc) is 3.35. The van der Waals surface area contributed by atoms with E-state index in [1.54, 1.807) is 12.3 Å². The molecule has 1 heterocycles. The maximum atomic E-state index is 13.1. The van der Waals surface area contributed by atoms with E-state index in [-0.39, 0.29) is 5.91 Å². The summed E-state index contributed by atoms with van der Waals surface area (Å²) in [6.45, 7) is 4.39. The summed E-state index contributed by atoms with van der Waals surface area (Å²) in [7, 11) is 0. The lowest BCUT2D eigenvalue weighted by atomic mass is 9.97. The van der Waals surface area contributed by atoms with Crippen LogP contribution in [0.25, 0.3) is 49.2 Å². The Kier molecular flexibility index (Phi) is 6.14. The van der Waals surface area contributed by atoms with Crippen molar-refractivity contribution in [3.05, 3.63) is 115 Å². The second kappa shape index (κ2) is 9.91. The Bertz CT molecular complexity index is 1840. The number of anilines is 1. The molecule has 0 aliphatic heterocycles. The fourth-order valence-electron chi connectivity index (χ4n) is 5.00. The van der Waals surface area contributed by atoms with Gasteiger partial charge in [0.05, 0.1) is 12.9 Å². The number of nitrogens with one attached hydrogen (secondary N) is 1. The molecule has 0 spiro atoms. The van der Waals surface area contributed by atoms with Gasteiger partial charge >= 0.3 is 0 Å². The van der Waals surface area contributed by atoms with Crippen molar-refractivity contribution in [1.29, 1.82) is 0 Å². The van der Waals surface area contributed by atoms with Gasteiger partial charge in [0, 0.05) is 39.7 Å². The quantitative estimate of drug-likeness (QED) is 0.234. The number of ether oxygens (including phenoxy) is 1. The Labute approximate surface area is 221 Å². The number of hydrogen-bond acceptors (Lipinski definition) is 3. The number of rotatable bonds is 6. The smallest absolute Gasteiger partial charge is 0.248 e. The average molecular weight is 498 g/mol. The van der Waals surface area contributed by atoms with Crippen molar-refractivity contribution in [1.82, 2.24) is 0 Å². The van der Waals surface area contributed by atoms with Crippen LogP contribution in [0.15, 0.2) is 114 Å². The molecule has 1 aromatic heterocycles. The highest BCUT2D eigenvalue weighted by Crippen LogP contribution is 2.38. The number of furan rings is 1. The Balaban J connectivity index is 1.38. The minimum absolute atomic E-state index is 0.191. The van der Waals surface area contributed by atoms with Crippen LogP contribution in [0.3, 0.4) is 0 Å². The van der Waals surface area contributed by atoms with Gasteiger partial charge in [-0.3, -0.25) is 4.79 Å². The number of allylic oxidation sites excluding steroid dienone is 1. The number of hydrogen-bond donors (Lipinski definition) is 1. The second-order valence-corrected chi connectivity index (χ2v) is 9.33. The zero-order valence-corrected chi connectivity index (χ0v) is 21.3. The van der Waals surface area contributed by atoms with E-state index in [4.69, 9.17) is 9.15 Å². The molecule has 1 N–H and O–H groups in total. The molecule has 0 saturated heterocycles. The first kappa shape index (κ1) is 23.6. The maximum Gasteiger partial charge on any atom is 0.248 e. The molecule has 0 radical (unpaired) electrons. The monoisotopic (exact) mass is 497 g/mol. The van der Waals surface area contributed by atoms with Crippen LogP contribution < -0.4 is 10.1 Å². The fraction of sp³-hybridized carbons (Fsp3) is 0.0882. The van der Waals surface area contributed by atoms with Gasteiger partial charge in [0.2, 0.25) is 5.91 Å². The Hall–Kier alpha value is -4.83. The number of fused-ring (bicyclic) bond motifs is 3. The standard InChI is InChI=1S/C34H27NO3/c1-3-37-32-20-33-29(30(21-38-33)26-16-15-23-9-4-5-11-25(23)18-26)19-28(32)22(2)17-34(36)35-31-14-8-12-24-10-6-7-13-27(24)31/h4-21H,3H2,1-2H3,(H,35,36)/b22-17+. The second-order valence-electron chi connectivity index (χ2n) is 9.33. The predicted octanol–water partition coefficient (Wildman–Crippen LogP) is 8.85. The molecule has 5 aromatic carbocycles. The topological polar surface area (TPSA) is 51.5 Å². The predicted molar refractivity (Wildman–Crippen MR) is 157 cm³/mol. The van der Waals surface area contributed by atoms with Crippen molar-refractivity contribution in [2.24, 2.45) is 0 Å². The molecule has 186 valence electrons. The highest BCUT2D eigenvalue weighted by Gasteiger charge is 2.16. The first-order valence-electron chi connectivity index (χ1n) is 12.8. The zero-order chi connectivity index (χ0) is 26.1. The Morgan fingerprint density at radius 1 is 0.842 bits per heavy atom. The SMILES string of the molecule is CCOc1cc2occ(-c3ccc4ccccc4c3)c2cc1/C(C)=C/C(=O)Nc1cccc2ccccc12. The van der Waals surface area contributed by atoms with E-state index in [9.17, 15) is 4.79 Å². The molecule has 0 saturated carbocycles. The lowest BCUT2D eigenvalue weighted by molar-refractivity contribution is -0.111. The summed E-state index contributed by atoms with van der Waals surface area (Å²) >= 11 is 0. The van der Waals surface area contributed by atoms with Gasteiger partial charge in [-0.1, -0.05) is 72.8 Å². The minimum atomic E-state index is -0.191. The third-order valence-electron chi connectivity index (χ3n) is 6.86. The fourth-order valence-corrected chi connectivity index (χ4v) is 5.00. The molecule has 0 aliphatic carbocycles. The van der Waals surface area contributed by atoms with E-state index in [1.165, 1.54) is 10.8 Å². The molecule has 38 heavy (non-hydrogen) atoms. The lowest BCUT2D eigenvalue weighted by Gasteiger charge is -2.12. The summed E-state index contributed by atoms with van der Waals surface area (Å²) in [5.74, 6) is 0.495.